The van der Waals surface area contributed by atoms with Crippen molar-refractivity contribution in [1.82, 2.24) is 20.9 Å². The molecule has 39 heavy (non-hydrogen) atoms. The molecule has 13 nitrogen and oxygen atoms in total. The van der Waals surface area contributed by atoms with Gasteiger partial charge in [-0.3, -0.25) is 19.2 Å². The van der Waals surface area contributed by atoms with Crippen molar-refractivity contribution in [1.29, 1.82) is 0 Å². The molecular weight excluding hydrogens is 508 g/mol. The number of nitrogens with one attached hydrogen (secondary N) is 4. The van der Waals surface area contributed by atoms with Crippen LogP contribution in [0.25, 0.3) is 10.9 Å². The van der Waals surface area contributed by atoms with E-state index in [1.54, 1.807) is 13.1 Å². The predicted molar refractivity (Wildman–Crippen MR) is 143 cm³/mol. The number of aliphatic carboxylic acids is 1. The zero-order valence-corrected chi connectivity index (χ0v) is 22.3. The summed E-state index contributed by atoms with van der Waals surface area (Å²) >= 11 is 0. The maximum Gasteiger partial charge on any atom is 0.328 e. The summed E-state index contributed by atoms with van der Waals surface area (Å²) in [6.07, 6.45) is 0.559. The molecule has 0 aliphatic carbocycles. The highest BCUT2D eigenvalue weighted by Crippen LogP contribution is 2.19. The molecule has 4 amide bonds. The molecule has 0 fully saturated rings. The van der Waals surface area contributed by atoms with Crippen molar-refractivity contribution in [3.63, 3.8) is 0 Å². The number of aromatic nitrogens is 1. The first-order chi connectivity index (χ1) is 18.3. The smallest absolute Gasteiger partial charge is 0.328 e. The summed E-state index contributed by atoms with van der Waals surface area (Å²) in [5.74, 6) is -4.79. The molecule has 0 bridgehead atoms. The van der Waals surface area contributed by atoms with Crippen LogP contribution in [-0.2, 0) is 30.4 Å². The third-order valence-electron chi connectivity index (χ3n) is 6.60. The maximum absolute atomic E-state index is 13.3. The van der Waals surface area contributed by atoms with E-state index in [1.165, 1.54) is 6.92 Å². The lowest BCUT2D eigenvalue weighted by atomic mass is 9.96. The highest BCUT2D eigenvalue weighted by Gasteiger charge is 2.33. The van der Waals surface area contributed by atoms with Crippen molar-refractivity contribution in [3.8, 4) is 0 Å². The van der Waals surface area contributed by atoms with Crippen LogP contribution in [-0.4, -0.2) is 75.1 Å². The van der Waals surface area contributed by atoms with E-state index in [1.807, 2.05) is 31.2 Å². The number of rotatable bonds is 15. The van der Waals surface area contributed by atoms with Gasteiger partial charge in [0.1, 0.15) is 12.1 Å². The zero-order chi connectivity index (χ0) is 29.3. The first kappa shape index (κ1) is 31.2. The van der Waals surface area contributed by atoms with Crippen LogP contribution < -0.4 is 27.4 Å². The number of carboxylic acids is 1. The fourth-order valence-corrected chi connectivity index (χ4v) is 4.05. The quantitative estimate of drug-likeness (QED) is 0.142. The van der Waals surface area contributed by atoms with E-state index in [2.05, 4.69) is 20.9 Å². The highest BCUT2D eigenvalue weighted by molar-refractivity contribution is 5.95. The van der Waals surface area contributed by atoms with Gasteiger partial charge < -0.3 is 42.6 Å². The molecule has 214 valence electrons. The second-order valence-electron chi connectivity index (χ2n) is 9.67. The van der Waals surface area contributed by atoms with E-state index in [0.29, 0.717) is 6.42 Å². The number of carbonyl (C=O) groups is 5. The molecule has 0 saturated carbocycles. The molecule has 0 aliphatic rings. The van der Waals surface area contributed by atoms with Gasteiger partial charge in [-0.05, 0) is 37.3 Å². The number of hydrogen-bond donors (Lipinski definition) is 8. The molecular formula is C26H38N6O7. The average Bonchev–Trinajstić information content (AvgIpc) is 3.29. The number of primary amides is 1. The SMILES string of the molecule is CCC(C)C(NC(=O)C(N)Cc1c[nH]c2ccccc12)C(=O)NC(CCC(N)=O)C(=O)NC(C(=O)O)C(C)O. The topological polar surface area (TPSA) is 230 Å². The Morgan fingerprint density at radius 3 is 2.21 bits per heavy atom. The number of H-pyrrole nitrogens is 1. The molecule has 0 spiro atoms. The summed E-state index contributed by atoms with van der Waals surface area (Å²) in [6.45, 7) is 4.74. The third kappa shape index (κ3) is 8.79. The van der Waals surface area contributed by atoms with Gasteiger partial charge >= 0.3 is 5.97 Å². The first-order valence-electron chi connectivity index (χ1n) is 12.8. The minimum atomic E-state index is -1.64. The number of aliphatic hydroxyl groups is 1. The van der Waals surface area contributed by atoms with E-state index in [0.717, 1.165) is 16.5 Å². The van der Waals surface area contributed by atoms with Gasteiger partial charge in [-0.2, -0.15) is 0 Å². The number of hydrogen-bond acceptors (Lipinski definition) is 7. The Morgan fingerprint density at radius 1 is 0.974 bits per heavy atom. The van der Waals surface area contributed by atoms with Crippen LogP contribution in [0.5, 0.6) is 0 Å². The fourth-order valence-electron chi connectivity index (χ4n) is 4.05. The van der Waals surface area contributed by atoms with Crippen LogP contribution in [0.1, 0.15) is 45.6 Å². The number of carboxylic acid groups (broad SMARTS) is 1. The Hall–Kier alpha value is -3.97. The Bertz CT molecular complexity index is 1180. The Labute approximate surface area is 226 Å². The summed E-state index contributed by atoms with van der Waals surface area (Å²) in [5.41, 5.74) is 13.1. The standard InChI is InChI=1S/C26H38N6O7/c1-4-13(2)21(31-23(35)17(27)11-15-12-29-18-8-6-5-7-16(15)18)25(37)30-19(9-10-20(28)34)24(36)32-22(14(3)33)26(38)39/h5-8,12-14,17,19,21-22,29,33H,4,9-11,27H2,1-3H3,(H2,28,34)(H,30,37)(H,31,35)(H,32,36)(H,38,39). The van der Waals surface area contributed by atoms with Crippen molar-refractivity contribution in [2.45, 2.75) is 76.7 Å². The van der Waals surface area contributed by atoms with Crippen molar-refractivity contribution >= 4 is 40.5 Å². The van der Waals surface area contributed by atoms with Crippen LogP contribution in [0, 0.1) is 5.92 Å². The number of aromatic amines is 1. The van der Waals surface area contributed by atoms with Gasteiger partial charge in [0, 0.05) is 23.5 Å². The second-order valence-corrected chi connectivity index (χ2v) is 9.67. The van der Waals surface area contributed by atoms with Gasteiger partial charge in [-0.15, -0.1) is 0 Å². The molecule has 6 unspecified atom stereocenters. The lowest BCUT2D eigenvalue weighted by molar-refractivity contribution is -0.145. The molecule has 0 radical (unpaired) electrons. The minimum absolute atomic E-state index is 0.213. The largest absolute Gasteiger partial charge is 0.480 e. The lowest BCUT2D eigenvalue weighted by Gasteiger charge is -2.28. The Morgan fingerprint density at radius 2 is 1.62 bits per heavy atom. The summed E-state index contributed by atoms with van der Waals surface area (Å²) < 4.78 is 0. The number of amides is 4. The molecule has 0 aliphatic heterocycles. The Kier molecular flexibility index (Phi) is 11.4. The summed E-state index contributed by atoms with van der Waals surface area (Å²) in [4.78, 5) is 65.0. The molecule has 10 N–H and O–H groups in total. The molecule has 1 heterocycles. The normalized spacial score (nSPS) is 15.8. The maximum atomic E-state index is 13.3. The summed E-state index contributed by atoms with van der Waals surface area (Å²) in [7, 11) is 0. The number of carbonyl (C=O) groups excluding carboxylic acids is 4. The van der Waals surface area contributed by atoms with Gasteiger partial charge in [0.2, 0.25) is 23.6 Å². The second kappa shape index (κ2) is 14.3. The number of benzene rings is 1. The van der Waals surface area contributed by atoms with Crippen LogP contribution in [0.2, 0.25) is 0 Å². The van der Waals surface area contributed by atoms with Gasteiger partial charge in [0.15, 0.2) is 6.04 Å². The monoisotopic (exact) mass is 546 g/mol. The first-order valence-corrected chi connectivity index (χ1v) is 12.8. The summed E-state index contributed by atoms with van der Waals surface area (Å²) in [6, 6.07) is 2.52. The molecule has 0 saturated heterocycles. The van der Waals surface area contributed by atoms with E-state index in [9.17, 15) is 34.2 Å². The molecule has 2 rings (SSSR count). The van der Waals surface area contributed by atoms with Gasteiger partial charge in [-0.25, -0.2) is 4.79 Å². The van der Waals surface area contributed by atoms with Crippen LogP contribution in [0.15, 0.2) is 30.5 Å². The number of aliphatic hydroxyl groups excluding tert-OH is 1. The minimum Gasteiger partial charge on any atom is -0.480 e. The molecule has 13 heteroatoms. The van der Waals surface area contributed by atoms with Crippen LogP contribution in [0.4, 0.5) is 0 Å². The molecule has 1 aromatic carbocycles. The van der Waals surface area contributed by atoms with Crippen molar-refractivity contribution in [2.24, 2.45) is 17.4 Å². The van der Waals surface area contributed by atoms with Gasteiger partial charge in [-0.1, -0.05) is 38.5 Å². The third-order valence-corrected chi connectivity index (χ3v) is 6.60. The van der Waals surface area contributed by atoms with E-state index in [-0.39, 0.29) is 25.2 Å². The van der Waals surface area contributed by atoms with Gasteiger partial charge in [0.25, 0.3) is 0 Å². The fraction of sp³-hybridized carbons (Fsp3) is 0.500. The van der Waals surface area contributed by atoms with E-state index >= 15 is 0 Å². The highest BCUT2D eigenvalue weighted by atomic mass is 16.4. The van der Waals surface area contributed by atoms with E-state index < -0.39 is 59.9 Å². The van der Waals surface area contributed by atoms with Crippen molar-refractivity contribution < 1.29 is 34.2 Å². The van der Waals surface area contributed by atoms with Crippen LogP contribution >= 0.6 is 0 Å². The number of fused-ring (bicyclic) bond motifs is 1. The lowest BCUT2D eigenvalue weighted by Crippen LogP contribution is -2.59. The predicted octanol–water partition coefficient (Wildman–Crippen LogP) is -0.731. The van der Waals surface area contributed by atoms with E-state index in [4.69, 9.17) is 11.5 Å². The van der Waals surface area contributed by atoms with Crippen LogP contribution in [0.3, 0.4) is 0 Å². The van der Waals surface area contributed by atoms with Crippen molar-refractivity contribution in [3.05, 3.63) is 36.0 Å². The van der Waals surface area contributed by atoms with Gasteiger partial charge in [0.05, 0.1) is 12.1 Å². The zero-order valence-electron chi connectivity index (χ0n) is 22.3. The average molecular weight is 547 g/mol. The molecule has 2 aromatic rings. The number of para-hydroxylation sites is 1. The Balaban J connectivity index is 2.17. The van der Waals surface area contributed by atoms with Crippen molar-refractivity contribution in [2.75, 3.05) is 0 Å². The molecule has 6 atom stereocenters. The summed E-state index contributed by atoms with van der Waals surface area (Å²) in [5, 5.41) is 27.2. The molecule has 1 aromatic heterocycles. The number of nitrogens with two attached hydrogens (primary N) is 2.